The summed E-state index contributed by atoms with van der Waals surface area (Å²) in [6.07, 6.45) is 1.61. The first kappa shape index (κ1) is 21.0. The summed E-state index contributed by atoms with van der Waals surface area (Å²) in [7, 11) is 0. The zero-order chi connectivity index (χ0) is 22.1. The van der Waals surface area contributed by atoms with Gasteiger partial charge in [-0.15, -0.1) is 0 Å². The van der Waals surface area contributed by atoms with Gasteiger partial charge in [0.25, 0.3) is 17.5 Å². The zero-order valence-corrected chi connectivity index (χ0v) is 17.3. The van der Waals surface area contributed by atoms with Gasteiger partial charge in [-0.2, -0.15) is 0 Å². The average Bonchev–Trinajstić information content (AvgIpc) is 3.04. The van der Waals surface area contributed by atoms with E-state index in [1.54, 1.807) is 24.3 Å². The molecule has 2 heterocycles. The van der Waals surface area contributed by atoms with Crippen LogP contribution in [0.15, 0.2) is 54.2 Å². The van der Waals surface area contributed by atoms with E-state index in [0.717, 1.165) is 17.7 Å². The third-order valence-electron chi connectivity index (χ3n) is 5.61. The summed E-state index contributed by atoms with van der Waals surface area (Å²) in [6.45, 7) is 1.00. The fourth-order valence-corrected chi connectivity index (χ4v) is 4.31. The van der Waals surface area contributed by atoms with Crippen LogP contribution in [-0.2, 0) is 9.59 Å². The molecule has 1 unspecified atom stereocenters. The van der Waals surface area contributed by atoms with Crippen LogP contribution in [0.1, 0.15) is 18.4 Å². The van der Waals surface area contributed by atoms with Crippen molar-refractivity contribution >= 4 is 40.4 Å². The normalized spacial score (nSPS) is 19.4. The van der Waals surface area contributed by atoms with Crippen LogP contribution in [0, 0.1) is 16.0 Å². The van der Waals surface area contributed by atoms with E-state index in [1.807, 2.05) is 4.90 Å². The Kier molecular flexibility index (Phi) is 5.75. The third kappa shape index (κ3) is 3.80. The number of carbonyl (C=O) groups is 2. The molecule has 2 aromatic carbocycles. The van der Waals surface area contributed by atoms with Crippen LogP contribution in [0.25, 0.3) is 5.57 Å². The van der Waals surface area contributed by atoms with E-state index >= 15 is 0 Å². The smallest absolute Gasteiger partial charge is 0.282 e. The van der Waals surface area contributed by atoms with Gasteiger partial charge < -0.3 is 10.0 Å². The number of carbonyl (C=O) groups excluding carboxylic acids is 2. The van der Waals surface area contributed by atoms with Crippen molar-refractivity contribution in [2.24, 2.45) is 5.92 Å². The van der Waals surface area contributed by atoms with Crippen molar-refractivity contribution in [1.29, 1.82) is 0 Å². The van der Waals surface area contributed by atoms with Gasteiger partial charge in [-0.05, 0) is 48.6 Å². The Labute approximate surface area is 183 Å². The molecule has 0 radical (unpaired) electrons. The summed E-state index contributed by atoms with van der Waals surface area (Å²) < 4.78 is 0. The second-order valence-electron chi connectivity index (χ2n) is 7.56. The highest BCUT2D eigenvalue weighted by Crippen LogP contribution is 2.38. The van der Waals surface area contributed by atoms with Gasteiger partial charge in [-0.25, -0.2) is 4.90 Å². The second kappa shape index (κ2) is 8.49. The summed E-state index contributed by atoms with van der Waals surface area (Å²) in [6, 6.07) is 12.2. The molecular weight excluding hydrogens is 422 g/mol. The maximum absolute atomic E-state index is 13.5. The molecule has 1 atom stereocenters. The molecule has 1 N–H and O–H groups in total. The van der Waals surface area contributed by atoms with Crippen LogP contribution in [0.4, 0.5) is 11.4 Å². The number of benzene rings is 2. The van der Waals surface area contributed by atoms with Crippen molar-refractivity contribution in [2.75, 3.05) is 24.6 Å². The fraction of sp³-hybridized carbons (Fsp3) is 0.273. The minimum atomic E-state index is -0.534. The summed E-state index contributed by atoms with van der Waals surface area (Å²) in [4.78, 5) is 40.4. The minimum Gasteiger partial charge on any atom is -0.396 e. The van der Waals surface area contributed by atoms with Crippen LogP contribution in [0.3, 0.4) is 0 Å². The average molecular weight is 442 g/mol. The molecule has 160 valence electrons. The van der Waals surface area contributed by atoms with Gasteiger partial charge in [0.05, 0.1) is 21.2 Å². The van der Waals surface area contributed by atoms with E-state index in [9.17, 15) is 24.8 Å². The van der Waals surface area contributed by atoms with Crippen molar-refractivity contribution < 1.29 is 19.6 Å². The molecule has 9 heteroatoms. The largest absolute Gasteiger partial charge is 0.396 e. The first-order valence-electron chi connectivity index (χ1n) is 9.90. The van der Waals surface area contributed by atoms with E-state index in [1.165, 1.54) is 24.3 Å². The SMILES string of the molecule is O=C1C(c2ccc([N+](=O)[O-])cc2)=C(N2CCCC(CO)C2)C(=O)N1c1ccccc1Cl. The van der Waals surface area contributed by atoms with Crippen molar-refractivity contribution in [1.82, 2.24) is 4.90 Å². The van der Waals surface area contributed by atoms with Gasteiger partial charge in [0.1, 0.15) is 5.70 Å². The van der Waals surface area contributed by atoms with E-state index in [-0.39, 0.29) is 40.2 Å². The third-order valence-corrected chi connectivity index (χ3v) is 5.93. The minimum absolute atomic E-state index is 0.00312. The van der Waals surface area contributed by atoms with Crippen molar-refractivity contribution in [3.63, 3.8) is 0 Å². The fourth-order valence-electron chi connectivity index (χ4n) is 4.09. The quantitative estimate of drug-likeness (QED) is 0.434. The number of aliphatic hydroxyl groups is 1. The van der Waals surface area contributed by atoms with Crippen molar-refractivity contribution in [3.05, 3.63) is 74.9 Å². The first-order chi connectivity index (χ1) is 14.9. The molecule has 2 aromatic rings. The molecule has 8 nitrogen and oxygen atoms in total. The Morgan fingerprint density at radius 2 is 1.81 bits per heavy atom. The van der Waals surface area contributed by atoms with E-state index < -0.39 is 16.7 Å². The number of nitro groups is 1. The molecule has 0 saturated carbocycles. The number of piperidine rings is 1. The molecule has 2 aliphatic rings. The highest BCUT2D eigenvalue weighted by Gasteiger charge is 2.44. The number of aliphatic hydroxyl groups excluding tert-OH is 1. The predicted molar refractivity (Wildman–Crippen MR) is 115 cm³/mol. The van der Waals surface area contributed by atoms with Crippen LogP contribution < -0.4 is 4.90 Å². The monoisotopic (exact) mass is 441 g/mol. The lowest BCUT2D eigenvalue weighted by molar-refractivity contribution is -0.384. The zero-order valence-electron chi connectivity index (χ0n) is 16.5. The van der Waals surface area contributed by atoms with Gasteiger partial charge >= 0.3 is 0 Å². The standard InChI is InChI=1S/C22H20ClN3O5/c23-17-5-1-2-6-18(17)25-21(28)19(15-7-9-16(10-8-15)26(30)31)20(22(25)29)24-11-3-4-14(12-24)13-27/h1-2,5-10,14,27H,3-4,11-13H2. The Morgan fingerprint density at radius 1 is 1.10 bits per heavy atom. The topological polar surface area (TPSA) is 104 Å². The summed E-state index contributed by atoms with van der Waals surface area (Å²) in [5, 5.41) is 20.9. The molecule has 0 bridgehead atoms. The Hall–Kier alpha value is -3.23. The van der Waals surface area contributed by atoms with Gasteiger partial charge in [0, 0.05) is 31.8 Å². The number of hydrogen-bond acceptors (Lipinski definition) is 6. The number of anilines is 1. The number of likely N-dealkylation sites (tertiary alicyclic amines) is 1. The molecular formula is C22H20ClN3O5. The summed E-state index contributed by atoms with van der Waals surface area (Å²) in [5.74, 6) is -1.03. The number of nitro benzene ring substituents is 1. The molecule has 0 aliphatic carbocycles. The number of rotatable bonds is 5. The maximum Gasteiger partial charge on any atom is 0.282 e. The highest BCUT2D eigenvalue weighted by atomic mass is 35.5. The lowest BCUT2D eigenvalue weighted by Gasteiger charge is -2.34. The van der Waals surface area contributed by atoms with Gasteiger partial charge in [-0.3, -0.25) is 19.7 Å². The molecule has 0 aromatic heterocycles. The van der Waals surface area contributed by atoms with E-state index in [4.69, 9.17) is 11.6 Å². The van der Waals surface area contributed by atoms with Crippen LogP contribution in [0.5, 0.6) is 0 Å². The predicted octanol–water partition coefficient (Wildman–Crippen LogP) is 3.24. The number of halogens is 1. The Balaban J connectivity index is 1.83. The Bertz CT molecular complexity index is 1080. The number of non-ortho nitro benzene ring substituents is 1. The second-order valence-corrected chi connectivity index (χ2v) is 7.97. The molecule has 1 fully saturated rings. The van der Waals surface area contributed by atoms with Crippen molar-refractivity contribution in [3.8, 4) is 0 Å². The molecule has 1 saturated heterocycles. The van der Waals surface area contributed by atoms with Crippen molar-refractivity contribution in [2.45, 2.75) is 12.8 Å². The molecule has 0 spiro atoms. The van der Waals surface area contributed by atoms with Crippen LogP contribution in [0.2, 0.25) is 5.02 Å². The molecule has 31 heavy (non-hydrogen) atoms. The van der Waals surface area contributed by atoms with Gasteiger partial charge in [0.2, 0.25) is 0 Å². The van der Waals surface area contributed by atoms with Gasteiger partial charge in [-0.1, -0.05) is 23.7 Å². The molecule has 2 aliphatic heterocycles. The summed E-state index contributed by atoms with van der Waals surface area (Å²) in [5.41, 5.74) is 1.00. The van der Waals surface area contributed by atoms with Gasteiger partial charge in [0.15, 0.2) is 0 Å². The molecule has 4 rings (SSSR count). The van der Waals surface area contributed by atoms with E-state index in [0.29, 0.717) is 18.7 Å². The lowest BCUT2D eigenvalue weighted by Crippen LogP contribution is -2.40. The number of imide groups is 1. The molecule has 2 amide bonds. The lowest BCUT2D eigenvalue weighted by atomic mass is 9.97. The highest BCUT2D eigenvalue weighted by molar-refractivity contribution is 6.47. The first-order valence-corrected chi connectivity index (χ1v) is 10.3. The van der Waals surface area contributed by atoms with Crippen LogP contribution >= 0.6 is 11.6 Å². The van der Waals surface area contributed by atoms with Crippen LogP contribution in [-0.4, -0.2) is 46.4 Å². The number of amides is 2. The number of nitrogens with zero attached hydrogens (tertiary/aromatic N) is 3. The Morgan fingerprint density at radius 3 is 2.45 bits per heavy atom. The summed E-state index contributed by atoms with van der Waals surface area (Å²) >= 11 is 6.28. The number of hydrogen-bond donors (Lipinski definition) is 1. The number of para-hydroxylation sites is 1. The van der Waals surface area contributed by atoms with E-state index in [2.05, 4.69) is 0 Å². The maximum atomic E-state index is 13.5.